The molecule has 2 aliphatic rings. The Bertz CT molecular complexity index is 667. The lowest BCUT2D eigenvalue weighted by Crippen LogP contribution is -2.24. The van der Waals surface area contributed by atoms with Crippen LogP contribution in [-0.4, -0.2) is 24.5 Å². The van der Waals surface area contributed by atoms with Crippen LogP contribution in [0, 0.1) is 0 Å². The van der Waals surface area contributed by atoms with Crippen molar-refractivity contribution in [3.63, 3.8) is 0 Å². The van der Waals surface area contributed by atoms with Gasteiger partial charge in [-0.25, -0.2) is 0 Å². The number of hydrogen-bond donors (Lipinski definition) is 0. The second kappa shape index (κ2) is 5.73. The molecule has 2 aromatic rings. The molecule has 2 aromatic carbocycles. The maximum absolute atomic E-state index is 2.58. The van der Waals surface area contributed by atoms with E-state index in [-0.39, 0.29) is 0 Å². The minimum atomic E-state index is 1.07. The van der Waals surface area contributed by atoms with Crippen molar-refractivity contribution < 1.29 is 0 Å². The maximum atomic E-state index is 2.58. The minimum Gasteiger partial charge on any atom is -0.303 e. The van der Waals surface area contributed by atoms with Gasteiger partial charge in [0.15, 0.2) is 0 Å². The van der Waals surface area contributed by atoms with E-state index in [1.807, 2.05) is 0 Å². The van der Waals surface area contributed by atoms with Gasteiger partial charge in [-0.15, -0.1) is 0 Å². The monoisotopic (exact) mass is 289 g/mol. The summed E-state index contributed by atoms with van der Waals surface area (Å²) in [5.41, 5.74) is 9.15. The molecule has 1 nitrogen and oxygen atoms in total. The highest BCUT2D eigenvalue weighted by Crippen LogP contribution is 2.40. The van der Waals surface area contributed by atoms with Crippen LogP contribution in [0.1, 0.15) is 42.0 Å². The predicted molar refractivity (Wildman–Crippen MR) is 93.9 cm³/mol. The third-order valence-electron chi connectivity index (χ3n) is 5.23. The lowest BCUT2D eigenvalue weighted by atomic mass is 9.91. The Balaban J connectivity index is 1.91. The first-order valence-electron chi connectivity index (χ1n) is 8.47. The second-order valence-corrected chi connectivity index (χ2v) is 6.38. The molecule has 0 aromatic heterocycles. The summed E-state index contributed by atoms with van der Waals surface area (Å²) in [6, 6.07) is 18.0. The largest absolute Gasteiger partial charge is 0.303 e. The fourth-order valence-electron chi connectivity index (χ4n) is 4.01. The van der Waals surface area contributed by atoms with Crippen molar-refractivity contribution in [2.45, 2.75) is 26.2 Å². The molecule has 0 saturated carbocycles. The zero-order chi connectivity index (χ0) is 14.9. The van der Waals surface area contributed by atoms with E-state index in [0.717, 1.165) is 13.0 Å². The van der Waals surface area contributed by atoms with E-state index in [2.05, 4.69) is 60.4 Å². The summed E-state index contributed by atoms with van der Waals surface area (Å²) in [7, 11) is 0. The summed E-state index contributed by atoms with van der Waals surface area (Å²) >= 11 is 0. The summed E-state index contributed by atoms with van der Waals surface area (Å²) in [5, 5.41) is 0. The first-order valence-corrected chi connectivity index (χ1v) is 8.47. The molecule has 1 aliphatic carbocycles. The average Bonchev–Trinajstić information content (AvgIpc) is 2.84. The molecular formula is C21H23N. The normalized spacial score (nSPS) is 18.0. The van der Waals surface area contributed by atoms with Gasteiger partial charge in [-0.2, -0.15) is 0 Å². The van der Waals surface area contributed by atoms with E-state index in [1.54, 1.807) is 11.1 Å². The van der Waals surface area contributed by atoms with Gasteiger partial charge < -0.3 is 4.90 Å². The number of hydrogen-bond acceptors (Lipinski definition) is 1. The molecule has 0 fully saturated rings. The molecule has 1 heterocycles. The van der Waals surface area contributed by atoms with Crippen molar-refractivity contribution in [1.82, 2.24) is 4.90 Å². The summed E-state index contributed by atoms with van der Waals surface area (Å²) in [5.74, 6) is 0. The van der Waals surface area contributed by atoms with E-state index < -0.39 is 0 Å². The van der Waals surface area contributed by atoms with Crippen molar-refractivity contribution >= 4 is 11.1 Å². The summed E-state index contributed by atoms with van der Waals surface area (Å²) in [6.45, 7) is 5.81. The van der Waals surface area contributed by atoms with Gasteiger partial charge in [0.2, 0.25) is 0 Å². The van der Waals surface area contributed by atoms with Crippen molar-refractivity contribution in [1.29, 1.82) is 0 Å². The standard InChI is InChI=1S/C21H23N/c1-2-22-13-11-20-18-9-5-3-7-16(18)15-17-8-4-6-10-19(17)21(20)12-14-22/h3-10H,2,11-15H2,1H3. The molecular weight excluding hydrogens is 266 g/mol. The molecule has 0 N–H and O–H groups in total. The van der Waals surface area contributed by atoms with E-state index in [1.165, 1.54) is 48.2 Å². The smallest absolute Gasteiger partial charge is 0.00222 e. The van der Waals surface area contributed by atoms with Crippen LogP contribution in [0.15, 0.2) is 48.5 Å². The van der Waals surface area contributed by atoms with Gasteiger partial charge in [0.05, 0.1) is 0 Å². The lowest BCUT2D eigenvalue weighted by molar-refractivity contribution is 0.307. The van der Waals surface area contributed by atoms with Crippen LogP contribution in [0.5, 0.6) is 0 Å². The number of fused-ring (bicyclic) bond motifs is 4. The zero-order valence-corrected chi connectivity index (χ0v) is 13.3. The quantitative estimate of drug-likeness (QED) is 0.740. The molecule has 4 rings (SSSR count). The van der Waals surface area contributed by atoms with E-state index in [4.69, 9.17) is 0 Å². The molecule has 22 heavy (non-hydrogen) atoms. The Morgan fingerprint density at radius 2 is 1.27 bits per heavy atom. The van der Waals surface area contributed by atoms with Gasteiger partial charge in [0.1, 0.15) is 0 Å². The SMILES string of the molecule is CCN1CCC2=C(CC1)c1ccccc1Cc1ccccc12. The van der Waals surface area contributed by atoms with Crippen LogP contribution in [0.3, 0.4) is 0 Å². The fraction of sp³-hybridized carbons (Fsp3) is 0.333. The molecule has 1 heteroatoms. The third-order valence-corrected chi connectivity index (χ3v) is 5.23. The van der Waals surface area contributed by atoms with Gasteiger partial charge in [0.25, 0.3) is 0 Å². The summed E-state index contributed by atoms with van der Waals surface area (Å²) < 4.78 is 0. The van der Waals surface area contributed by atoms with Crippen LogP contribution >= 0.6 is 0 Å². The summed E-state index contributed by atoms with van der Waals surface area (Å²) in [6.07, 6.45) is 3.42. The lowest BCUT2D eigenvalue weighted by Gasteiger charge is -2.18. The van der Waals surface area contributed by atoms with Gasteiger partial charge in [-0.3, -0.25) is 0 Å². The van der Waals surface area contributed by atoms with Crippen molar-refractivity contribution in [3.05, 3.63) is 70.8 Å². The van der Waals surface area contributed by atoms with Crippen LogP contribution in [-0.2, 0) is 6.42 Å². The molecule has 112 valence electrons. The van der Waals surface area contributed by atoms with Crippen molar-refractivity contribution in [2.75, 3.05) is 19.6 Å². The summed E-state index contributed by atoms with van der Waals surface area (Å²) in [4.78, 5) is 2.58. The van der Waals surface area contributed by atoms with Gasteiger partial charge in [-0.1, -0.05) is 55.5 Å². The Morgan fingerprint density at radius 1 is 0.773 bits per heavy atom. The molecule has 0 radical (unpaired) electrons. The highest BCUT2D eigenvalue weighted by atomic mass is 15.1. The molecule has 0 bridgehead atoms. The molecule has 0 atom stereocenters. The van der Waals surface area contributed by atoms with E-state index in [0.29, 0.717) is 0 Å². The first-order chi connectivity index (χ1) is 10.9. The van der Waals surface area contributed by atoms with E-state index in [9.17, 15) is 0 Å². The number of benzene rings is 2. The highest BCUT2D eigenvalue weighted by molar-refractivity contribution is 5.94. The number of rotatable bonds is 1. The van der Waals surface area contributed by atoms with Crippen molar-refractivity contribution in [2.24, 2.45) is 0 Å². The van der Waals surface area contributed by atoms with Crippen molar-refractivity contribution in [3.8, 4) is 0 Å². The maximum Gasteiger partial charge on any atom is 0.00222 e. The van der Waals surface area contributed by atoms with Gasteiger partial charge in [0, 0.05) is 13.1 Å². The van der Waals surface area contributed by atoms with Crippen LogP contribution in [0.2, 0.25) is 0 Å². The molecule has 0 saturated heterocycles. The molecule has 0 spiro atoms. The Kier molecular flexibility index (Phi) is 3.59. The third kappa shape index (κ3) is 2.30. The fourth-order valence-corrected chi connectivity index (χ4v) is 4.01. The Hall–Kier alpha value is -1.86. The minimum absolute atomic E-state index is 1.07. The van der Waals surface area contributed by atoms with Crippen LogP contribution < -0.4 is 0 Å². The predicted octanol–water partition coefficient (Wildman–Crippen LogP) is 4.62. The second-order valence-electron chi connectivity index (χ2n) is 6.38. The molecule has 1 aliphatic heterocycles. The topological polar surface area (TPSA) is 3.24 Å². The zero-order valence-electron chi connectivity index (χ0n) is 13.3. The van der Waals surface area contributed by atoms with Crippen LogP contribution in [0.25, 0.3) is 11.1 Å². The van der Waals surface area contributed by atoms with Gasteiger partial charge in [-0.05, 0) is 59.2 Å². The highest BCUT2D eigenvalue weighted by Gasteiger charge is 2.23. The van der Waals surface area contributed by atoms with Crippen LogP contribution in [0.4, 0.5) is 0 Å². The molecule has 0 amide bonds. The first kappa shape index (κ1) is 13.8. The molecule has 0 unspecified atom stereocenters. The Morgan fingerprint density at radius 3 is 1.77 bits per heavy atom. The van der Waals surface area contributed by atoms with E-state index >= 15 is 0 Å². The van der Waals surface area contributed by atoms with Gasteiger partial charge >= 0.3 is 0 Å². The number of nitrogens with zero attached hydrogens (tertiary/aromatic N) is 1. The Labute approximate surface area is 133 Å². The average molecular weight is 289 g/mol.